The van der Waals surface area contributed by atoms with Crippen LogP contribution in [0, 0.1) is 0 Å². The van der Waals surface area contributed by atoms with E-state index in [2.05, 4.69) is 34.0 Å². The van der Waals surface area contributed by atoms with Gasteiger partial charge in [0.2, 0.25) is 0 Å². The highest BCUT2D eigenvalue weighted by Gasteiger charge is 2.04. The van der Waals surface area contributed by atoms with Gasteiger partial charge in [-0.25, -0.2) is 4.98 Å². The van der Waals surface area contributed by atoms with Gasteiger partial charge in [-0.1, -0.05) is 121 Å². The summed E-state index contributed by atoms with van der Waals surface area (Å²) in [7, 11) is 0. The molecule has 0 spiro atoms. The Kier molecular flexibility index (Phi) is 15.8. The number of H-pyrrole nitrogens is 1. The molecule has 35 heavy (non-hydrogen) atoms. The van der Waals surface area contributed by atoms with Crippen LogP contribution in [0.5, 0.6) is 0 Å². The third-order valence-electron chi connectivity index (χ3n) is 6.67. The van der Waals surface area contributed by atoms with Gasteiger partial charge in [-0.15, -0.1) is 0 Å². The molecule has 0 radical (unpaired) electrons. The molecule has 1 atom stereocenters. The first-order valence-corrected chi connectivity index (χ1v) is 14.3. The minimum absolute atomic E-state index is 0.0577. The summed E-state index contributed by atoms with van der Waals surface area (Å²) in [6.07, 6.45) is 25.9. The molecular weight excluding hydrogens is 428 g/mol. The fourth-order valence-electron chi connectivity index (χ4n) is 4.42. The molecule has 2 heterocycles. The molecule has 0 bridgehead atoms. The maximum Gasteiger partial charge on any atom is 0.106 e. The molecule has 0 saturated heterocycles. The highest BCUT2D eigenvalue weighted by Crippen LogP contribution is 2.14. The van der Waals surface area contributed by atoms with Gasteiger partial charge in [-0.2, -0.15) is 0 Å². The highest BCUT2D eigenvalue weighted by molar-refractivity contribution is 5.77. The maximum absolute atomic E-state index is 5.84. The SMILES string of the molecule is CCCCCCCCCCCCCCCCCc1ncc(C(C)N)[nH]1.c1ccc2ncccc2c1. The van der Waals surface area contributed by atoms with Crippen molar-refractivity contribution in [2.45, 2.75) is 123 Å². The monoisotopic (exact) mass is 478 g/mol. The molecule has 4 nitrogen and oxygen atoms in total. The van der Waals surface area contributed by atoms with E-state index in [0.717, 1.165) is 23.5 Å². The number of nitrogens with zero attached hydrogens (tertiary/aromatic N) is 2. The van der Waals surface area contributed by atoms with E-state index < -0.39 is 0 Å². The first kappa shape index (κ1) is 29.0. The number of benzene rings is 1. The molecule has 0 aliphatic heterocycles. The van der Waals surface area contributed by atoms with Crippen LogP contribution in [-0.4, -0.2) is 15.0 Å². The lowest BCUT2D eigenvalue weighted by Crippen LogP contribution is -2.05. The number of para-hydroxylation sites is 1. The van der Waals surface area contributed by atoms with Gasteiger partial charge in [-0.05, 0) is 25.5 Å². The molecule has 0 amide bonds. The number of pyridine rings is 1. The molecule has 0 aliphatic carbocycles. The van der Waals surface area contributed by atoms with Crippen LogP contribution in [0.2, 0.25) is 0 Å². The van der Waals surface area contributed by atoms with Crippen molar-refractivity contribution < 1.29 is 0 Å². The number of nitrogens with one attached hydrogen (secondary N) is 1. The van der Waals surface area contributed by atoms with E-state index in [1.165, 1.54) is 102 Å². The topological polar surface area (TPSA) is 67.6 Å². The van der Waals surface area contributed by atoms with Gasteiger partial charge in [0, 0.05) is 30.2 Å². The molecule has 4 heteroatoms. The lowest BCUT2D eigenvalue weighted by atomic mass is 10.0. The van der Waals surface area contributed by atoms with E-state index in [1.807, 2.05) is 43.6 Å². The Hall–Kier alpha value is -2.20. The number of fused-ring (bicyclic) bond motifs is 1. The van der Waals surface area contributed by atoms with E-state index in [4.69, 9.17) is 5.73 Å². The predicted molar refractivity (Wildman–Crippen MR) is 152 cm³/mol. The summed E-state index contributed by atoms with van der Waals surface area (Å²) in [5.41, 5.74) is 7.95. The molecular formula is C31H50N4. The van der Waals surface area contributed by atoms with Crippen molar-refractivity contribution in [1.82, 2.24) is 15.0 Å². The Morgan fingerprint density at radius 1 is 0.714 bits per heavy atom. The van der Waals surface area contributed by atoms with Gasteiger partial charge in [0.15, 0.2) is 0 Å². The molecule has 1 aromatic carbocycles. The van der Waals surface area contributed by atoms with Crippen molar-refractivity contribution >= 4 is 10.9 Å². The Bertz CT molecular complexity index is 821. The maximum atomic E-state index is 5.84. The quantitative estimate of drug-likeness (QED) is 0.190. The number of aromatic nitrogens is 3. The van der Waals surface area contributed by atoms with E-state index in [9.17, 15) is 0 Å². The zero-order chi connectivity index (χ0) is 25.0. The lowest BCUT2D eigenvalue weighted by molar-refractivity contribution is 0.531. The fraction of sp³-hybridized carbons (Fsp3) is 0.613. The van der Waals surface area contributed by atoms with Gasteiger partial charge in [0.1, 0.15) is 5.82 Å². The van der Waals surface area contributed by atoms with E-state index in [1.54, 1.807) is 0 Å². The van der Waals surface area contributed by atoms with Crippen LogP contribution < -0.4 is 5.73 Å². The number of aryl methyl sites for hydroxylation is 1. The molecule has 3 N–H and O–H groups in total. The number of imidazole rings is 1. The van der Waals surface area contributed by atoms with Crippen LogP contribution >= 0.6 is 0 Å². The Labute approximate surface area is 214 Å². The van der Waals surface area contributed by atoms with E-state index >= 15 is 0 Å². The Morgan fingerprint density at radius 3 is 1.80 bits per heavy atom. The second kappa shape index (κ2) is 19.0. The minimum atomic E-state index is 0.0577. The van der Waals surface area contributed by atoms with Crippen LogP contribution in [0.3, 0.4) is 0 Å². The van der Waals surface area contributed by atoms with Crippen molar-refractivity contribution in [3.8, 4) is 0 Å². The molecule has 3 aromatic rings. The van der Waals surface area contributed by atoms with Crippen LogP contribution in [0.15, 0.2) is 48.8 Å². The van der Waals surface area contributed by atoms with Crippen LogP contribution in [-0.2, 0) is 6.42 Å². The Balaban J connectivity index is 0.000000353. The second-order valence-corrected chi connectivity index (χ2v) is 9.97. The predicted octanol–water partition coefficient (Wildman–Crippen LogP) is 9.08. The summed E-state index contributed by atoms with van der Waals surface area (Å²) >= 11 is 0. The summed E-state index contributed by atoms with van der Waals surface area (Å²) in [6.45, 7) is 4.28. The third-order valence-corrected chi connectivity index (χ3v) is 6.67. The van der Waals surface area contributed by atoms with Crippen LogP contribution in [0.25, 0.3) is 10.9 Å². The summed E-state index contributed by atoms with van der Waals surface area (Å²) < 4.78 is 0. The number of unbranched alkanes of at least 4 members (excludes halogenated alkanes) is 14. The number of nitrogens with two attached hydrogens (primary N) is 1. The number of aromatic amines is 1. The molecule has 3 rings (SSSR count). The van der Waals surface area contributed by atoms with Crippen molar-refractivity contribution in [2.75, 3.05) is 0 Å². The summed E-state index contributed by atoms with van der Waals surface area (Å²) in [6, 6.07) is 12.1. The van der Waals surface area contributed by atoms with Crippen LogP contribution in [0.1, 0.15) is 128 Å². The standard InChI is InChI=1S/C22H43N3.C9H7N/c1-3-4-5-6-7-8-9-10-11-12-13-14-15-16-17-18-22-24-19-21(25-22)20(2)23;1-2-6-9-8(4-1)5-3-7-10-9/h19-20H,3-18,23H2,1-2H3,(H,24,25);1-7H. The van der Waals surface area contributed by atoms with E-state index in [-0.39, 0.29) is 6.04 Å². The number of rotatable bonds is 17. The first-order valence-electron chi connectivity index (χ1n) is 14.3. The molecule has 0 fully saturated rings. The van der Waals surface area contributed by atoms with Crippen molar-refractivity contribution in [2.24, 2.45) is 5.73 Å². The highest BCUT2D eigenvalue weighted by atomic mass is 14.9. The Morgan fingerprint density at radius 2 is 1.26 bits per heavy atom. The average molecular weight is 479 g/mol. The number of hydrogen-bond acceptors (Lipinski definition) is 3. The summed E-state index contributed by atoms with van der Waals surface area (Å²) in [4.78, 5) is 11.9. The van der Waals surface area contributed by atoms with Gasteiger partial charge < -0.3 is 10.7 Å². The summed E-state index contributed by atoms with van der Waals surface area (Å²) in [5, 5.41) is 1.20. The smallest absolute Gasteiger partial charge is 0.106 e. The van der Waals surface area contributed by atoms with E-state index in [0.29, 0.717) is 0 Å². The van der Waals surface area contributed by atoms with Crippen molar-refractivity contribution in [3.05, 3.63) is 60.3 Å². The molecule has 1 unspecified atom stereocenters. The largest absolute Gasteiger partial charge is 0.345 e. The molecule has 0 aliphatic rings. The third kappa shape index (κ3) is 13.5. The number of hydrogen-bond donors (Lipinski definition) is 2. The zero-order valence-corrected chi connectivity index (χ0v) is 22.5. The molecule has 194 valence electrons. The molecule has 2 aromatic heterocycles. The van der Waals surface area contributed by atoms with Gasteiger partial charge in [0.25, 0.3) is 0 Å². The van der Waals surface area contributed by atoms with Gasteiger partial charge in [-0.3, -0.25) is 4.98 Å². The van der Waals surface area contributed by atoms with Gasteiger partial charge >= 0.3 is 0 Å². The second-order valence-electron chi connectivity index (χ2n) is 9.97. The first-order chi connectivity index (χ1) is 17.2. The van der Waals surface area contributed by atoms with Crippen LogP contribution in [0.4, 0.5) is 0 Å². The zero-order valence-electron chi connectivity index (χ0n) is 22.5. The van der Waals surface area contributed by atoms with Gasteiger partial charge in [0.05, 0.1) is 11.2 Å². The van der Waals surface area contributed by atoms with Crippen molar-refractivity contribution in [3.63, 3.8) is 0 Å². The average Bonchev–Trinajstić information content (AvgIpc) is 3.36. The molecule has 0 saturated carbocycles. The fourth-order valence-corrected chi connectivity index (χ4v) is 4.42. The normalized spacial score (nSPS) is 11.9. The lowest BCUT2D eigenvalue weighted by Gasteiger charge is -2.03. The minimum Gasteiger partial charge on any atom is -0.345 e. The summed E-state index contributed by atoms with van der Waals surface area (Å²) in [5.74, 6) is 1.10. The van der Waals surface area contributed by atoms with Crippen molar-refractivity contribution in [1.29, 1.82) is 0 Å².